The molecular weight excluding hydrogens is 351 g/mol. The van der Waals surface area contributed by atoms with E-state index in [2.05, 4.69) is 0 Å². The lowest BCUT2D eigenvalue weighted by atomic mass is 10.2. The summed E-state index contributed by atoms with van der Waals surface area (Å²) in [6, 6.07) is 5.22. The molecule has 0 fully saturated rings. The zero-order chi connectivity index (χ0) is 17.8. The SMILES string of the molecule is CCCCc1cc2ccc(F)cc2[s+]1C(F)(F)F.F[B-](F)(F)F. The first-order valence-electron chi connectivity index (χ1n) is 6.62. The average molecular weight is 364 g/mol. The van der Waals surface area contributed by atoms with Gasteiger partial charge in [-0.15, -0.1) is 13.2 Å². The lowest BCUT2D eigenvalue weighted by molar-refractivity contribution is -0.0867. The third-order valence-electron chi connectivity index (χ3n) is 2.78. The van der Waals surface area contributed by atoms with Crippen LogP contribution >= 0.6 is 10.5 Å². The molecule has 23 heavy (non-hydrogen) atoms. The summed E-state index contributed by atoms with van der Waals surface area (Å²) in [5.41, 5.74) is -4.32. The number of rotatable bonds is 3. The average Bonchev–Trinajstić information content (AvgIpc) is 2.71. The number of aryl methyl sites for hydroxylation is 1. The number of fused-ring (bicyclic) bond motifs is 1. The van der Waals surface area contributed by atoms with Crippen molar-refractivity contribution < 1.29 is 34.8 Å². The second kappa shape index (κ2) is 7.50. The number of unbranched alkanes of at least 4 members (excludes halogenated alkanes) is 1. The number of hydrogen-bond acceptors (Lipinski definition) is 0. The van der Waals surface area contributed by atoms with Crippen LogP contribution in [0, 0.1) is 5.82 Å². The van der Waals surface area contributed by atoms with Crippen molar-refractivity contribution in [2.75, 3.05) is 0 Å². The van der Waals surface area contributed by atoms with Gasteiger partial charge in [0.05, 0.1) is 10.5 Å². The Morgan fingerprint density at radius 2 is 1.61 bits per heavy atom. The van der Waals surface area contributed by atoms with Crippen LogP contribution in [0.4, 0.5) is 34.8 Å². The summed E-state index contributed by atoms with van der Waals surface area (Å²) >= 11 is 0. The van der Waals surface area contributed by atoms with E-state index < -0.39 is 29.0 Å². The van der Waals surface area contributed by atoms with Gasteiger partial charge in [0.25, 0.3) is 0 Å². The van der Waals surface area contributed by atoms with Gasteiger partial charge in [0.2, 0.25) is 0 Å². The third-order valence-corrected chi connectivity index (χ3v) is 4.89. The fourth-order valence-electron chi connectivity index (χ4n) is 1.98. The van der Waals surface area contributed by atoms with Crippen LogP contribution in [-0.2, 0) is 11.9 Å². The Morgan fingerprint density at radius 1 is 1.04 bits per heavy atom. The molecule has 1 aromatic heterocycles. The quantitative estimate of drug-likeness (QED) is 0.318. The van der Waals surface area contributed by atoms with E-state index in [1.807, 2.05) is 6.92 Å². The van der Waals surface area contributed by atoms with Crippen LogP contribution in [0.3, 0.4) is 0 Å². The van der Waals surface area contributed by atoms with Gasteiger partial charge >= 0.3 is 12.8 Å². The molecule has 0 saturated heterocycles. The minimum Gasteiger partial charge on any atom is -0.418 e. The molecule has 0 nitrogen and oxygen atoms in total. The molecule has 0 aliphatic rings. The number of benzene rings is 1. The molecule has 0 aliphatic carbocycles. The summed E-state index contributed by atoms with van der Waals surface area (Å²) in [7, 11) is -7.95. The van der Waals surface area contributed by atoms with E-state index in [0.29, 0.717) is 16.7 Å². The molecule has 1 atom stereocenters. The largest absolute Gasteiger partial charge is 0.673 e. The van der Waals surface area contributed by atoms with Crippen LogP contribution in [-0.4, -0.2) is 7.25 Å². The fourth-order valence-corrected chi connectivity index (χ4v) is 3.99. The van der Waals surface area contributed by atoms with E-state index in [9.17, 15) is 34.8 Å². The first-order valence-corrected chi connectivity index (χ1v) is 7.84. The Hall–Kier alpha value is -1.32. The van der Waals surface area contributed by atoms with Gasteiger partial charge < -0.3 is 17.3 Å². The van der Waals surface area contributed by atoms with Gasteiger partial charge in [-0.05, 0) is 18.6 Å². The molecule has 1 unspecified atom stereocenters. The monoisotopic (exact) mass is 364 g/mol. The van der Waals surface area contributed by atoms with Crippen molar-refractivity contribution in [3.05, 3.63) is 35.0 Å². The number of alkyl halides is 3. The molecule has 0 N–H and O–H groups in total. The standard InChI is InChI=1S/C13H13F4S.BF4/c1-2-3-4-11-7-9-5-6-10(14)8-12(9)18(11)13(15,16)17;2-1(3,4)5/h5-8H,2-4H2,1H3;/q+1;-1. The van der Waals surface area contributed by atoms with Gasteiger partial charge in [-0.25, -0.2) is 4.39 Å². The van der Waals surface area contributed by atoms with Crippen molar-refractivity contribution in [1.29, 1.82) is 0 Å². The zero-order valence-electron chi connectivity index (χ0n) is 11.9. The molecule has 0 aliphatic heterocycles. The third kappa shape index (κ3) is 6.36. The second-order valence-corrected chi connectivity index (χ2v) is 6.68. The lowest BCUT2D eigenvalue weighted by Crippen LogP contribution is -2.02. The van der Waals surface area contributed by atoms with Crippen LogP contribution in [0.2, 0.25) is 0 Å². The first kappa shape index (κ1) is 19.7. The second-order valence-electron chi connectivity index (χ2n) is 4.64. The maximum Gasteiger partial charge on any atom is 0.673 e. The predicted molar refractivity (Wildman–Crippen MR) is 76.5 cm³/mol. The summed E-state index contributed by atoms with van der Waals surface area (Å²) in [4.78, 5) is 0.380. The maximum absolute atomic E-state index is 13.1. The molecule has 1 heterocycles. The summed E-state index contributed by atoms with van der Waals surface area (Å²) in [6.07, 6.45) is 1.99. The predicted octanol–water partition coefficient (Wildman–Crippen LogP) is 6.85. The summed E-state index contributed by atoms with van der Waals surface area (Å²) in [5, 5.41) is 0.503. The molecule has 130 valence electrons. The van der Waals surface area contributed by atoms with Gasteiger partial charge in [-0.3, -0.25) is 0 Å². The highest BCUT2D eigenvalue weighted by Gasteiger charge is 2.47. The summed E-state index contributed by atoms with van der Waals surface area (Å²) < 4.78 is 91.5. The minimum absolute atomic E-state index is 0.0774. The number of hydrogen-bond donors (Lipinski definition) is 0. The molecule has 0 spiro atoms. The van der Waals surface area contributed by atoms with Crippen molar-refractivity contribution in [1.82, 2.24) is 0 Å². The van der Waals surface area contributed by atoms with Gasteiger partial charge in [-0.2, -0.15) is 0 Å². The van der Waals surface area contributed by atoms with Gasteiger partial charge in [0.1, 0.15) is 5.82 Å². The molecular formula is C13H13BF8S. The van der Waals surface area contributed by atoms with E-state index in [1.54, 1.807) is 6.07 Å². The van der Waals surface area contributed by atoms with Crippen LogP contribution in [0.25, 0.3) is 10.1 Å². The Morgan fingerprint density at radius 3 is 2.09 bits per heavy atom. The first-order chi connectivity index (χ1) is 10.4. The Bertz CT molecular complexity index is 638. The van der Waals surface area contributed by atoms with E-state index in [1.165, 1.54) is 12.1 Å². The lowest BCUT2D eigenvalue weighted by Gasteiger charge is -1.99. The molecule has 10 heteroatoms. The normalized spacial score (nSPS) is 13.0. The molecule has 2 rings (SSSR count). The van der Waals surface area contributed by atoms with Crippen LogP contribution < -0.4 is 0 Å². The maximum atomic E-state index is 13.1. The van der Waals surface area contributed by atoms with Gasteiger partial charge in [0, 0.05) is 23.9 Å². The van der Waals surface area contributed by atoms with E-state index in [0.717, 1.165) is 18.9 Å². The van der Waals surface area contributed by atoms with Crippen LogP contribution in [0.15, 0.2) is 24.3 Å². The Labute approximate surface area is 130 Å². The highest BCUT2D eigenvalue weighted by Crippen LogP contribution is 2.51. The number of thiophene rings is 1. The highest BCUT2D eigenvalue weighted by molar-refractivity contribution is 7.38. The van der Waals surface area contributed by atoms with Gasteiger partial charge in [0.15, 0.2) is 9.58 Å². The number of halogens is 8. The molecule has 0 amide bonds. The fraction of sp³-hybridized carbons (Fsp3) is 0.385. The van der Waals surface area contributed by atoms with Crippen LogP contribution in [0.5, 0.6) is 0 Å². The van der Waals surface area contributed by atoms with Crippen molar-refractivity contribution in [2.24, 2.45) is 0 Å². The molecule has 0 bridgehead atoms. The molecule has 1 aromatic carbocycles. The van der Waals surface area contributed by atoms with E-state index >= 15 is 0 Å². The molecule has 0 saturated carbocycles. The van der Waals surface area contributed by atoms with Gasteiger partial charge in [-0.1, -0.05) is 13.3 Å². The van der Waals surface area contributed by atoms with Crippen molar-refractivity contribution in [2.45, 2.75) is 31.7 Å². The van der Waals surface area contributed by atoms with E-state index in [-0.39, 0.29) is 4.70 Å². The van der Waals surface area contributed by atoms with Crippen molar-refractivity contribution in [3.8, 4) is 0 Å². The Balaban J connectivity index is 0.000000463. The molecule has 0 radical (unpaired) electrons. The summed E-state index contributed by atoms with van der Waals surface area (Å²) in [6.45, 7) is 1.94. The van der Waals surface area contributed by atoms with Crippen molar-refractivity contribution in [3.63, 3.8) is 0 Å². The topological polar surface area (TPSA) is 0 Å². The zero-order valence-corrected chi connectivity index (χ0v) is 12.8. The van der Waals surface area contributed by atoms with Crippen molar-refractivity contribution >= 4 is 27.8 Å². The minimum atomic E-state index is -6.00. The summed E-state index contributed by atoms with van der Waals surface area (Å²) in [5.74, 6) is -0.611. The smallest absolute Gasteiger partial charge is 0.418 e. The van der Waals surface area contributed by atoms with Crippen LogP contribution in [0.1, 0.15) is 24.6 Å². The molecule has 2 aromatic rings. The Kier molecular flexibility index (Phi) is 6.44. The highest BCUT2D eigenvalue weighted by atomic mass is 32.2. The van der Waals surface area contributed by atoms with E-state index in [4.69, 9.17) is 0 Å².